The zero-order chi connectivity index (χ0) is 13.1. The highest BCUT2D eigenvalue weighted by Crippen LogP contribution is 2.20. The Kier molecular flexibility index (Phi) is 3.51. The lowest BCUT2D eigenvalue weighted by molar-refractivity contribution is 0.306. The molecule has 2 nitrogen and oxygen atoms in total. The topological polar surface area (TPSA) is 35.2 Å². The Labute approximate surface area is 106 Å². The lowest BCUT2D eigenvalue weighted by Gasteiger charge is -2.10. The van der Waals surface area contributed by atoms with Crippen molar-refractivity contribution in [3.63, 3.8) is 0 Å². The highest BCUT2D eigenvalue weighted by atomic mass is 19.1. The number of ether oxygens (including phenoxy) is 1. The Morgan fingerprint density at radius 2 is 1.83 bits per heavy atom. The molecule has 2 rings (SSSR count). The van der Waals surface area contributed by atoms with Crippen LogP contribution in [0.3, 0.4) is 0 Å². The largest absolute Gasteiger partial charge is 0.489 e. The minimum absolute atomic E-state index is 0.270. The van der Waals surface area contributed by atoms with Gasteiger partial charge in [0.05, 0.1) is 0 Å². The molecule has 0 spiro atoms. The van der Waals surface area contributed by atoms with E-state index in [-0.39, 0.29) is 12.4 Å². The number of nitrogens with two attached hydrogens (primary N) is 1. The quantitative estimate of drug-likeness (QED) is 0.838. The van der Waals surface area contributed by atoms with Crippen molar-refractivity contribution in [2.24, 2.45) is 0 Å². The number of hydrogen-bond donors (Lipinski definition) is 1. The Morgan fingerprint density at radius 1 is 1.06 bits per heavy atom. The molecule has 0 radical (unpaired) electrons. The molecule has 94 valence electrons. The first-order valence-corrected chi connectivity index (χ1v) is 5.80. The number of aryl methyl sites for hydroxylation is 2. The van der Waals surface area contributed by atoms with Gasteiger partial charge in [-0.15, -0.1) is 0 Å². The fourth-order valence-corrected chi connectivity index (χ4v) is 1.66. The molecule has 2 aromatic rings. The van der Waals surface area contributed by atoms with E-state index in [2.05, 4.69) is 0 Å². The maximum absolute atomic E-state index is 13.1. The van der Waals surface area contributed by atoms with E-state index in [1.807, 2.05) is 32.0 Å². The molecular weight excluding hydrogens is 229 g/mol. The first kappa shape index (κ1) is 12.4. The van der Waals surface area contributed by atoms with Gasteiger partial charge in [0.15, 0.2) is 0 Å². The average Bonchev–Trinajstić information content (AvgIpc) is 2.34. The summed E-state index contributed by atoms with van der Waals surface area (Å²) in [6, 6.07) is 10.2. The highest BCUT2D eigenvalue weighted by Gasteiger charge is 2.03. The van der Waals surface area contributed by atoms with Crippen LogP contribution in [0.1, 0.15) is 16.7 Å². The third kappa shape index (κ3) is 2.80. The van der Waals surface area contributed by atoms with Gasteiger partial charge in [-0.2, -0.15) is 0 Å². The summed E-state index contributed by atoms with van der Waals surface area (Å²) >= 11 is 0. The first-order chi connectivity index (χ1) is 8.56. The van der Waals surface area contributed by atoms with Crippen LogP contribution < -0.4 is 10.5 Å². The summed E-state index contributed by atoms with van der Waals surface area (Å²) in [5, 5.41) is 0. The van der Waals surface area contributed by atoms with E-state index in [1.165, 1.54) is 23.3 Å². The maximum atomic E-state index is 13.1. The van der Waals surface area contributed by atoms with Gasteiger partial charge in [0.2, 0.25) is 0 Å². The van der Waals surface area contributed by atoms with Crippen molar-refractivity contribution >= 4 is 5.69 Å². The van der Waals surface area contributed by atoms with Crippen molar-refractivity contribution in [3.8, 4) is 5.75 Å². The molecule has 0 aliphatic carbocycles. The predicted octanol–water partition coefficient (Wildman–Crippen LogP) is 3.60. The molecule has 0 aromatic heterocycles. The van der Waals surface area contributed by atoms with Crippen LogP contribution in [0.2, 0.25) is 0 Å². The number of nitrogen functional groups attached to an aromatic ring is 1. The molecular formula is C15H16FNO. The number of benzene rings is 2. The standard InChI is InChI=1S/C15H16FNO/c1-10-3-5-14(7-11(10)2)18-9-12-8-13(16)4-6-15(12)17/h3-8H,9,17H2,1-2H3. The zero-order valence-electron chi connectivity index (χ0n) is 10.5. The van der Waals surface area contributed by atoms with Crippen molar-refractivity contribution < 1.29 is 9.13 Å². The van der Waals surface area contributed by atoms with Crippen LogP contribution >= 0.6 is 0 Å². The summed E-state index contributed by atoms with van der Waals surface area (Å²) in [6.45, 7) is 4.34. The highest BCUT2D eigenvalue weighted by molar-refractivity contribution is 5.46. The van der Waals surface area contributed by atoms with Crippen molar-refractivity contribution in [2.75, 3.05) is 5.73 Å². The monoisotopic (exact) mass is 245 g/mol. The van der Waals surface area contributed by atoms with Crippen LogP contribution in [-0.2, 0) is 6.61 Å². The van der Waals surface area contributed by atoms with E-state index in [0.29, 0.717) is 11.3 Å². The van der Waals surface area contributed by atoms with Gasteiger partial charge in [-0.3, -0.25) is 0 Å². The summed E-state index contributed by atoms with van der Waals surface area (Å²) in [4.78, 5) is 0. The molecule has 0 amide bonds. The van der Waals surface area contributed by atoms with Crippen LogP contribution in [0.25, 0.3) is 0 Å². The molecule has 2 aromatic carbocycles. The Balaban J connectivity index is 2.11. The molecule has 0 saturated heterocycles. The minimum atomic E-state index is -0.303. The summed E-state index contributed by atoms with van der Waals surface area (Å²) in [5.74, 6) is 0.463. The summed E-state index contributed by atoms with van der Waals surface area (Å²) in [6.07, 6.45) is 0. The van der Waals surface area contributed by atoms with E-state index in [1.54, 1.807) is 6.07 Å². The van der Waals surface area contributed by atoms with Crippen LogP contribution in [0, 0.1) is 19.7 Å². The maximum Gasteiger partial charge on any atom is 0.123 e. The van der Waals surface area contributed by atoms with Gasteiger partial charge < -0.3 is 10.5 Å². The molecule has 0 heterocycles. The van der Waals surface area contributed by atoms with Crippen LogP contribution in [0.4, 0.5) is 10.1 Å². The van der Waals surface area contributed by atoms with Crippen molar-refractivity contribution in [2.45, 2.75) is 20.5 Å². The number of anilines is 1. The van der Waals surface area contributed by atoms with Gasteiger partial charge in [-0.1, -0.05) is 6.07 Å². The third-order valence-corrected chi connectivity index (χ3v) is 2.98. The summed E-state index contributed by atoms with van der Waals surface area (Å²) < 4.78 is 18.7. The van der Waals surface area contributed by atoms with Crippen molar-refractivity contribution in [1.82, 2.24) is 0 Å². The summed E-state index contributed by atoms with van der Waals surface area (Å²) in [5.41, 5.74) is 9.35. The van der Waals surface area contributed by atoms with E-state index >= 15 is 0 Å². The van der Waals surface area contributed by atoms with Crippen LogP contribution in [0.5, 0.6) is 5.75 Å². The average molecular weight is 245 g/mol. The molecule has 0 saturated carbocycles. The van der Waals surface area contributed by atoms with E-state index in [0.717, 1.165) is 5.75 Å². The lowest BCUT2D eigenvalue weighted by Crippen LogP contribution is -2.01. The van der Waals surface area contributed by atoms with Crippen LogP contribution in [-0.4, -0.2) is 0 Å². The van der Waals surface area contributed by atoms with E-state index in [9.17, 15) is 4.39 Å². The fraction of sp³-hybridized carbons (Fsp3) is 0.200. The fourth-order valence-electron chi connectivity index (χ4n) is 1.66. The van der Waals surface area contributed by atoms with Gasteiger partial charge in [-0.25, -0.2) is 4.39 Å². The molecule has 0 aliphatic heterocycles. The minimum Gasteiger partial charge on any atom is -0.489 e. The molecule has 0 aliphatic rings. The smallest absolute Gasteiger partial charge is 0.123 e. The van der Waals surface area contributed by atoms with Gasteiger partial charge in [-0.05, 0) is 55.3 Å². The van der Waals surface area contributed by atoms with Gasteiger partial charge in [0.25, 0.3) is 0 Å². The molecule has 18 heavy (non-hydrogen) atoms. The second-order valence-electron chi connectivity index (χ2n) is 4.38. The van der Waals surface area contributed by atoms with Gasteiger partial charge >= 0.3 is 0 Å². The zero-order valence-corrected chi connectivity index (χ0v) is 10.5. The second-order valence-corrected chi connectivity index (χ2v) is 4.38. The molecule has 0 bridgehead atoms. The molecule has 0 atom stereocenters. The van der Waals surface area contributed by atoms with Crippen molar-refractivity contribution in [3.05, 3.63) is 58.9 Å². The first-order valence-electron chi connectivity index (χ1n) is 5.80. The Hall–Kier alpha value is -2.03. The number of hydrogen-bond acceptors (Lipinski definition) is 2. The molecule has 0 unspecified atom stereocenters. The second kappa shape index (κ2) is 5.08. The lowest BCUT2D eigenvalue weighted by atomic mass is 10.1. The Bertz CT molecular complexity index is 566. The van der Waals surface area contributed by atoms with Crippen molar-refractivity contribution in [1.29, 1.82) is 0 Å². The van der Waals surface area contributed by atoms with E-state index in [4.69, 9.17) is 10.5 Å². The summed E-state index contributed by atoms with van der Waals surface area (Å²) in [7, 11) is 0. The van der Waals surface area contributed by atoms with Crippen LogP contribution in [0.15, 0.2) is 36.4 Å². The predicted molar refractivity (Wildman–Crippen MR) is 71.1 cm³/mol. The molecule has 0 fully saturated rings. The molecule has 3 heteroatoms. The third-order valence-electron chi connectivity index (χ3n) is 2.98. The van der Waals surface area contributed by atoms with E-state index < -0.39 is 0 Å². The SMILES string of the molecule is Cc1ccc(OCc2cc(F)ccc2N)cc1C. The molecule has 2 N–H and O–H groups in total. The number of halogens is 1. The Morgan fingerprint density at radius 3 is 2.56 bits per heavy atom. The number of rotatable bonds is 3. The van der Waals surface area contributed by atoms with Gasteiger partial charge in [0, 0.05) is 11.3 Å². The normalized spacial score (nSPS) is 10.4. The van der Waals surface area contributed by atoms with Gasteiger partial charge in [0.1, 0.15) is 18.2 Å².